The molecule has 92 valence electrons. The summed E-state index contributed by atoms with van der Waals surface area (Å²) in [6.45, 7) is 4.46. The normalized spacial score (nSPS) is 16.1. The van der Waals surface area contributed by atoms with Crippen LogP contribution >= 0.6 is 15.9 Å². The fourth-order valence-corrected chi connectivity index (χ4v) is 2.43. The average Bonchev–Trinajstić information content (AvgIpc) is 2.75. The van der Waals surface area contributed by atoms with Crippen molar-refractivity contribution in [2.75, 3.05) is 25.0 Å². The lowest BCUT2D eigenvalue weighted by Crippen LogP contribution is -2.31. The second-order valence-corrected chi connectivity index (χ2v) is 5.27. The summed E-state index contributed by atoms with van der Waals surface area (Å²) in [5.74, 6) is 0.669. The minimum Gasteiger partial charge on any atom is -0.309 e. The van der Waals surface area contributed by atoms with E-state index >= 15 is 0 Å². The number of nitrogens with zero attached hydrogens (tertiary/aromatic N) is 2. The number of rotatable bonds is 3. The van der Waals surface area contributed by atoms with Crippen molar-refractivity contribution in [2.24, 2.45) is 0 Å². The second-order valence-electron chi connectivity index (χ2n) is 4.35. The summed E-state index contributed by atoms with van der Waals surface area (Å²) in [7, 11) is 0. The number of hydrogen-bond donors (Lipinski definition) is 1. The highest BCUT2D eigenvalue weighted by molar-refractivity contribution is 9.10. The number of aryl methyl sites for hydroxylation is 1. The number of likely N-dealkylation sites (tertiary alicyclic amines) is 1. The molecule has 17 heavy (non-hydrogen) atoms. The molecular weight excluding hydrogens is 282 g/mol. The molecule has 0 spiro atoms. The molecule has 1 aliphatic rings. The molecular formula is C12H16BrN3O. The fraction of sp³-hybridized carbons (Fsp3) is 0.500. The molecule has 0 unspecified atom stereocenters. The van der Waals surface area contributed by atoms with Gasteiger partial charge in [-0.15, -0.1) is 0 Å². The topological polar surface area (TPSA) is 45.2 Å². The minimum absolute atomic E-state index is 0.0184. The highest BCUT2D eigenvalue weighted by atomic mass is 79.9. The molecule has 1 aromatic rings. The van der Waals surface area contributed by atoms with Gasteiger partial charge in [-0.25, -0.2) is 4.98 Å². The van der Waals surface area contributed by atoms with E-state index in [-0.39, 0.29) is 5.91 Å². The van der Waals surface area contributed by atoms with Gasteiger partial charge in [0.05, 0.1) is 6.54 Å². The van der Waals surface area contributed by atoms with Crippen LogP contribution in [-0.2, 0) is 4.79 Å². The molecule has 2 heterocycles. The van der Waals surface area contributed by atoms with E-state index in [1.54, 1.807) is 6.20 Å². The molecule has 2 rings (SSSR count). The molecule has 1 amide bonds. The lowest BCUT2D eigenvalue weighted by atomic mass is 10.3. The van der Waals surface area contributed by atoms with Crippen LogP contribution in [0.3, 0.4) is 0 Å². The van der Waals surface area contributed by atoms with Crippen LogP contribution in [-0.4, -0.2) is 35.4 Å². The Balaban J connectivity index is 1.93. The van der Waals surface area contributed by atoms with Crippen molar-refractivity contribution in [1.82, 2.24) is 9.88 Å². The van der Waals surface area contributed by atoms with Crippen LogP contribution in [0.15, 0.2) is 16.7 Å². The van der Waals surface area contributed by atoms with Gasteiger partial charge >= 0.3 is 0 Å². The number of anilines is 1. The van der Waals surface area contributed by atoms with E-state index in [9.17, 15) is 4.79 Å². The Morgan fingerprint density at radius 2 is 2.24 bits per heavy atom. The fourth-order valence-electron chi connectivity index (χ4n) is 1.99. The first kappa shape index (κ1) is 12.5. The van der Waals surface area contributed by atoms with E-state index < -0.39 is 0 Å². The Bertz CT molecular complexity index is 416. The van der Waals surface area contributed by atoms with Gasteiger partial charge in [0, 0.05) is 10.7 Å². The van der Waals surface area contributed by atoms with Crippen LogP contribution in [0.1, 0.15) is 18.4 Å². The smallest absolute Gasteiger partial charge is 0.239 e. The van der Waals surface area contributed by atoms with Crippen LogP contribution in [0, 0.1) is 6.92 Å². The maximum Gasteiger partial charge on any atom is 0.239 e. The maximum atomic E-state index is 11.8. The number of pyridine rings is 1. The molecule has 0 saturated carbocycles. The van der Waals surface area contributed by atoms with Gasteiger partial charge in [-0.1, -0.05) is 0 Å². The quantitative estimate of drug-likeness (QED) is 0.930. The molecule has 5 heteroatoms. The van der Waals surface area contributed by atoms with E-state index in [0.717, 1.165) is 23.1 Å². The highest BCUT2D eigenvalue weighted by Gasteiger charge is 2.15. The number of aromatic nitrogens is 1. The monoisotopic (exact) mass is 297 g/mol. The Morgan fingerprint density at radius 3 is 2.88 bits per heavy atom. The molecule has 1 aromatic heterocycles. The van der Waals surface area contributed by atoms with Crippen LogP contribution in [0.5, 0.6) is 0 Å². The molecule has 0 atom stereocenters. The predicted octanol–water partition coefficient (Wildman–Crippen LogP) is 2.19. The Kier molecular flexibility index (Phi) is 4.12. The molecule has 0 radical (unpaired) electrons. The molecule has 1 aliphatic heterocycles. The third-order valence-corrected chi connectivity index (χ3v) is 3.30. The van der Waals surface area contributed by atoms with Gasteiger partial charge in [0.2, 0.25) is 5.91 Å². The van der Waals surface area contributed by atoms with Crippen molar-refractivity contribution in [1.29, 1.82) is 0 Å². The summed E-state index contributed by atoms with van der Waals surface area (Å²) in [5.41, 5.74) is 0.967. The summed E-state index contributed by atoms with van der Waals surface area (Å²) in [6.07, 6.45) is 4.09. The van der Waals surface area contributed by atoms with E-state index in [4.69, 9.17) is 0 Å². The molecule has 0 aliphatic carbocycles. The Hall–Kier alpha value is -0.940. The SMILES string of the molecule is Cc1cc(Br)cnc1NC(=O)CN1CCCC1. The van der Waals surface area contributed by atoms with E-state index in [2.05, 4.69) is 31.1 Å². The van der Waals surface area contributed by atoms with E-state index in [0.29, 0.717) is 12.4 Å². The number of amides is 1. The largest absolute Gasteiger partial charge is 0.309 e. The zero-order chi connectivity index (χ0) is 12.3. The third kappa shape index (κ3) is 3.51. The molecule has 0 aromatic carbocycles. The number of nitrogens with one attached hydrogen (secondary N) is 1. The first-order valence-electron chi connectivity index (χ1n) is 5.79. The summed E-state index contributed by atoms with van der Waals surface area (Å²) in [6, 6.07) is 1.94. The van der Waals surface area contributed by atoms with Gasteiger partial charge in [0.1, 0.15) is 5.82 Å². The van der Waals surface area contributed by atoms with Crippen LogP contribution in [0.2, 0.25) is 0 Å². The number of carbonyl (C=O) groups excluding carboxylic acids is 1. The summed E-state index contributed by atoms with van der Waals surface area (Å²) < 4.78 is 0.924. The van der Waals surface area contributed by atoms with E-state index in [1.165, 1.54) is 12.8 Å². The minimum atomic E-state index is 0.0184. The highest BCUT2D eigenvalue weighted by Crippen LogP contribution is 2.16. The lowest BCUT2D eigenvalue weighted by Gasteiger charge is -2.14. The molecule has 0 bridgehead atoms. The van der Waals surface area contributed by atoms with Gasteiger partial charge in [-0.05, 0) is 60.4 Å². The van der Waals surface area contributed by atoms with Crippen molar-refractivity contribution in [3.8, 4) is 0 Å². The second kappa shape index (κ2) is 5.60. The summed E-state index contributed by atoms with van der Waals surface area (Å²) >= 11 is 3.35. The van der Waals surface area contributed by atoms with Gasteiger partial charge in [-0.3, -0.25) is 9.69 Å². The van der Waals surface area contributed by atoms with Gasteiger partial charge in [0.15, 0.2) is 0 Å². The van der Waals surface area contributed by atoms with Crippen molar-refractivity contribution >= 4 is 27.7 Å². The summed E-state index contributed by atoms with van der Waals surface area (Å²) in [4.78, 5) is 18.2. The summed E-state index contributed by atoms with van der Waals surface area (Å²) in [5, 5.41) is 2.85. The van der Waals surface area contributed by atoms with Gasteiger partial charge in [0.25, 0.3) is 0 Å². The number of hydrogen-bond acceptors (Lipinski definition) is 3. The zero-order valence-electron chi connectivity index (χ0n) is 9.87. The van der Waals surface area contributed by atoms with Crippen LogP contribution < -0.4 is 5.32 Å². The zero-order valence-corrected chi connectivity index (χ0v) is 11.5. The first-order valence-corrected chi connectivity index (χ1v) is 6.59. The van der Waals surface area contributed by atoms with Gasteiger partial charge in [-0.2, -0.15) is 0 Å². The Labute approximate surface area is 110 Å². The van der Waals surface area contributed by atoms with E-state index in [1.807, 2.05) is 13.0 Å². The third-order valence-electron chi connectivity index (χ3n) is 2.87. The van der Waals surface area contributed by atoms with Crippen LogP contribution in [0.4, 0.5) is 5.82 Å². The predicted molar refractivity (Wildman–Crippen MR) is 71.0 cm³/mol. The van der Waals surface area contributed by atoms with Crippen molar-refractivity contribution in [2.45, 2.75) is 19.8 Å². The van der Waals surface area contributed by atoms with Crippen molar-refractivity contribution < 1.29 is 4.79 Å². The Morgan fingerprint density at radius 1 is 1.53 bits per heavy atom. The van der Waals surface area contributed by atoms with Crippen molar-refractivity contribution in [3.63, 3.8) is 0 Å². The lowest BCUT2D eigenvalue weighted by molar-refractivity contribution is -0.117. The number of carbonyl (C=O) groups is 1. The maximum absolute atomic E-state index is 11.8. The molecule has 1 N–H and O–H groups in total. The van der Waals surface area contributed by atoms with Gasteiger partial charge < -0.3 is 5.32 Å². The van der Waals surface area contributed by atoms with Crippen molar-refractivity contribution in [3.05, 3.63) is 22.3 Å². The number of halogens is 1. The van der Waals surface area contributed by atoms with Crippen LogP contribution in [0.25, 0.3) is 0 Å². The first-order chi connectivity index (χ1) is 8.15. The molecule has 1 fully saturated rings. The molecule has 4 nitrogen and oxygen atoms in total. The average molecular weight is 298 g/mol. The molecule has 1 saturated heterocycles. The standard InChI is InChI=1S/C12H16BrN3O/c1-9-6-10(13)7-14-12(9)15-11(17)8-16-4-2-3-5-16/h6-7H,2-5,8H2,1H3,(H,14,15,17).